The van der Waals surface area contributed by atoms with Gasteiger partial charge in [0.1, 0.15) is 23.9 Å². The fraction of sp³-hybridized carbons (Fsp3) is 0.320. The van der Waals surface area contributed by atoms with Crippen LogP contribution < -0.4 is 10.1 Å². The minimum Gasteiger partial charge on any atom is -0.508 e. The van der Waals surface area contributed by atoms with Crippen LogP contribution in [0.15, 0.2) is 52.9 Å². The number of anilines is 1. The molecule has 2 N–H and O–H groups in total. The van der Waals surface area contributed by atoms with Crippen molar-refractivity contribution in [3.05, 3.63) is 76.7 Å². The van der Waals surface area contributed by atoms with Crippen molar-refractivity contribution in [2.75, 3.05) is 5.32 Å². The summed E-state index contributed by atoms with van der Waals surface area (Å²) in [6.45, 7) is 10.4. The van der Waals surface area contributed by atoms with E-state index in [4.69, 9.17) is 9.15 Å². The average molecular weight is 408 g/mol. The molecular formula is C25H29NO4. The smallest absolute Gasteiger partial charge is 0.291 e. The monoisotopic (exact) mass is 407 g/mol. The third-order valence-corrected chi connectivity index (χ3v) is 5.06. The summed E-state index contributed by atoms with van der Waals surface area (Å²) in [6, 6.07) is 14.8. The highest BCUT2D eigenvalue weighted by Crippen LogP contribution is 2.31. The third-order valence-electron chi connectivity index (χ3n) is 5.06. The normalized spacial score (nSPS) is 11.2. The number of hydrogen-bond donors (Lipinski definition) is 2. The number of phenols is 1. The van der Waals surface area contributed by atoms with E-state index in [0.29, 0.717) is 17.4 Å². The average Bonchev–Trinajstić information content (AvgIpc) is 3.17. The molecule has 0 saturated heterocycles. The van der Waals surface area contributed by atoms with E-state index in [1.807, 2.05) is 45.0 Å². The zero-order chi connectivity index (χ0) is 21.8. The van der Waals surface area contributed by atoms with Crippen LogP contribution in [-0.4, -0.2) is 11.0 Å². The molecule has 30 heavy (non-hydrogen) atoms. The maximum absolute atomic E-state index is 12.6. The van der Waals surface area contributed by atoms with Crippen molar-refractivity contribution in [1.29, 1.82) is 0 Å². The Labute approximate surface area is 177 Å². The lowest BCUT2D eigenvalue weighted by Gasteiger charge is -2.14. The van der Waals surface area contributed by atoms with Crippen LogP contribution in [0.5, 0.6) is 11.5 Å². The molecule has 0 aliphatic heterocycles. The van der Waals surface area contributed by atoms with Crippen molar-refractivity contribution < 1.29 is 19.1 Å². The lowest BCUT2D eigenvalue weighted by atomic mass is 9.99. The maximum atomic E-state index is 12.6. The number of carbonyl (C=O) groups excluding carboxylic acids is 1. The summed E-state index contributed by atoms with van der Waals surface area (Å²) in [7, 11) is 0. The van der Waals surface area contributed by atoms with Crippen molar-refractivity contribution in [1.82, 2.24) is 0 Å². The van der Waals surface area contributed by atoms with E-state index in [1.54, 1.807) is 24.3 Å². The Morgan fingerprint density at radius 1 is 1.03 bits per heavy atom. The van der Waals surface area contributed by atoms with Crippen LogP contribution in [0.4, 0.5) is 5.69 Å². The number of phenolic OH excluding ortho intramolecular Hbond substituents is 1. The third kappa shape index (κ3) is 5.03. The quantitative estimate of drug-likeness (QED) is 0.446. The number of amides is 1. The van der Waals surface area contributed by atoms with Crippen LogP contribution in [0.3, 0.4) is 0 Å². The Balaban J connectivity index is 1.64. The second kappa shape index (κ2) is 9.08. The molecule has 1 heterocycles. The second-order valence-electron chi connectivity index (χ2n) is 8.11. The molecule has 0 aliphatic carbocycles. The number of aryl methyl sites for hydroxylation is 1. The van der Waals surface area contributed by atoms with Gasteiger partial charge in [0.2, 0.25) is 0 Å². The Kier molecular flexibility index (Phi) is 6.50. The molecule has 0 radical (unpaired) electrons. The van der Waals surface area contributed by atoms with Crippen molar-refractivity contribution >= 4 is 11.6 Å². The predicted molar refractivity (Wildman–Crippen MR) is 118 cm³/mol. The van der Waals surface area contributed by atoms with Gasteiger partial charge in [0, 0.05) is 5.69 Å². The summed E-state index contributed by atoms with van der Waals surface area (Å²) >= 11 is 0. The highest BCUT2D eigenvalue weighted by molar-refractivity contribution is 6.02. The highest BCUT2D eigenvalue weighted by Gasteiger charge is 2.16. The Morgan fingerprint density at radius 2 is 1.73 bits per heavy atom. The first-order chi connectivity index (χ1) is 14.2. The van der Waals surface area contributed by atoms with E-state index in [0.717, 1.165) is 16.9 Å². The van der Waals surface area contributed by atoms with Gasteiger partial charge < -0.3 is 19.6 Å². The molecule has 0 bridgehead atoms. The SMILES string of the molecule is Cc1cc(O)c(C(C)C)cc1NC(=O)c1ccc(COc2ccc(C(C)C)cc2)o1. The zero-order valence-corrected chi connectivity index (χ0v) is 18.2. The van der Waals surface area contributed by atoms with E-state index in [1.165, 1.54) is 5.56 Å². The number of carbonyl (C=O) groups is 1. The number of rotatable bonds is 7. The Morgan fingerprint density at radius 3 is 2.37 bits per heavy atom. The summed E-state index contributed by atoms with van der Waals surface area (Å²) in [4.78, 5) is 12.6. The van der Waals surface area contributed by atoms with E-state index in [-0.39, 0.29) is 29.9 Å². The molecule has 0 saturated carbocycles. The van der Waals surface area contributed by atoms with Gasteiger partial charge in [0.05, 0.1) is 0 Å². The van der Waals surface area contributed by atoms with Gasteiger partial charge in [-0.3, -0.25) is 4.79 Å². The Hall–Kier alpha value is -3.21. The van der Waals surface area contributed by atoms with Gasteiger partial charge in [-0.15, -0.1) is 0 Å². The lowest BCUT2D eigenvalue weighted by Crippen LogP contribution is -2.12. The lowest BCUT2D eigenvalue weighted by molar-refractivity contribution is 0.0992. The van der Waals surface area contributed by atoms with Crippen molar-refractivity contribution in [2.45, 2.75) is 53.1 Å². The molecule has 5 nitrogen and oxygen atoms in total. The number of benzene rings is 2. The summed E-state index contributed by atoms with van der Waals surface area (Å²) in [6.07, 6.45) is 0. The molecular weight excluding hydrogens is 378 g/mol. The van der Waals surface area contributed by atoms with Crippen LogP contribution in [0.2, 0.25) is 0 Å². The number of nitrogens with one attached hydrogen (secondary N) is 1. The topological polar surface area (TPSA) is 71.7 Å². The minimum absolute atomic E-state index is 0.142. The molecule has 3 rings (SSSR count). The van der Waals surface area contributed by atoms with Crippen molar-refractivity contribution in [3.8, 4) is 11.5 Å². The summed E-state index contributed by atoms with van der Waals surface area (Å²) in [5, 5.41) is 13.0. The van der Waals surface area contributed by atoms with E-state index in [2.05, 4.69) is 19.2 Å². The molecule has 0 fully saturated rings. The number of ether oxygens (including phenoxy) is 1. The van der Waals surface area contributed by atoms with Crippen molar-refractivity contribution in [3.63, 3.8) is 0 Å². The first kappa shape index (κ1) is 21.5. The Bertz CT molecular complexity index is 1020. The highest BCUT2D eigenvalue weighted by atomic mass is 16.5. The van der Waals surface area contributed by atoms with Crippen LogP contribution >= 0.6 is 0 Å². The van der Waals surface area contributed by atoms with Crippen LogP contribution in [0.1, 0.15) is 72.5 Å². The van der Waals surface area contributed by atoms with Gasteiger partial charge in [-0.2, -0.15) is 0 Å². The number of furan rings is 1. The molecule has 5 heteroatoms. The van der Waals surface area contributed by atoms with Gasteiger partial charge in [-0.05, 0) is 71.8 Å². The summed E-state index contributed by atoms with van der Waals surface area (Å²) < 4.78 is 11.4. The molecule has 0 aliphatic rings. The van der Waals surface area contributed by atoms with Gasteiger partial charge in [0.15, 0.2) is 5.76 Å². The largest absolute Gasteiger partial charge is 0.508 e. The molecule has 1 amide bonds. The fourth-order valence-electron chi connectivity index (χ4n) is 3.17. The zero-order valence-electron chi connectivity index (χ0n) is 18.2. The van der Waals surface area contributed by atoms with Crippen LogP contribution in [0.25, 0.3) is 0 Å². The van der Waals surface area contributed by atoms with Gasteiger partial charge in [-0.1, -0.05) is 39.8 Å². The molecule has 0 unspecified atom stereocenters. The fourth-order valence-corrected chi connectivity index (χ4v) is 3.17. The molecule has 0 spiro atoms. The summed E-state index contributed by atoms with van der Waals surface area (Å²) in [5.74, 6) is 2.04. The predicted octanol–water partition coefficient (Wildman–Crippen LogP) is 6.37. The standard InChI is InChI=1S/C25H29NO4/c1-15(2)18-6-8-19(9-7-18)29-14-20-10-11-24(30-20)25(28)26-22-13-21(16(3)4)23(27)12-17(22)5/h6-13,15-16,27H,14H2,1-5H3,(H,26,28). The maximum Gasteiger partial charge on any atom is 0.291 e. The van der Waals surface area contributed by atoms with Crippen LogP contribution in [-0.2, 0) is 6.61 Å². The molecule has 2 aromatic carbocycles. The number of aromatic hydroxyl groups is 1. The summed E-state index contributed by atoms with van der Waals surface area (Å²) in [5.41, 5.74) is 3.48. The molecule has 158 valence electrons. The van der Waals surface area contributed by atoms with Gasteiger partial charge in [0.25, 0.3) is 5.91 Å². The minimum atomic E-state index is -0.342. The first-order valence-electron chi connectivity index (χ1n) is 10.2. The first-order valence-corrected chi connectivity index (χ1v) is 10.2. The van der Waals surface area contributed by atoms with Gasteiger partial charge >= 0.3 is 0 Å². The van der Waals surface area contributed by atoms with E-state index >= 15 is 0 Å². The molecule has 1 aromatic heterocycles. The van der Waals surface area contributed by atoms with E-state index in [9.17, 15) is 9.90 Å². The second-order valence-corrected chi connectivity index (χ2v) is 8.11. The van der Waals surface area contributed by atoms with Crippen LogP contribution in [0, 0.1) is 6.92 Å². The van der Waals surface area contributed by atoms with Crippen molar-refractivity contribution in [2.24, 2.45) is 0 Å². The number of hydrogen-bond acceptors (Lipinski definition) is 4. The molecule has 0 atom stereocenters. The van der Waals surface area contributed by atoms with E-state index < -0.39 is 0 Å². The van der Waals surface area contributed by atoms with Gasteiger partial charge in [-0.25, -0.2) is 0 Å². The molecule has 3 aromatic rings.